The summed E-state index contributed by atoms with van der Waals surface area (Å²) >= 11 is 0. The van der Waals surface area contributed by atoms with E-state index in [1.165, 1.54) is 0 Å². The fraction of sp³-hybridized carbons (Fsp3) is 1.00. The SMILES string of the molecule is CCCOCCNC(C)CNC(C)C. The Hall–Kier alpha value is -0.120. The first-order chi connectivity index (χ1) is 6.66. The third-order valence-electron chi connectivity index (χ3n) is 1.92. The molecule has 0 aliphatic carbocycles. The zero-order chi connectivity index (χ0) is 10.8. The quantitative estimate of drug-likeness (QED) is 0.554. The topological polar surface area (TPSA) is 33.3 Å². The van der Waals surface area contributed by atoms with E-state index in [1.54, 1.807) is 0 Å². The summed E-state index contributed by atoms with van der Waals surface area (Å²) in [7, 11) is 0. The normalized spacial score (nSPS) is 13.5. The van der Waals surface area contributed by atoms with Crippen molar-refractivity contribution >= 4 is 0 Å². The van der Waals surface area contributed by atoms with Gasteiger partial charge in [-0.05, 0) is 13.3 Å². The van der Waals surface area contributed by atoms with Gasteiger partial charge in [-0.2, -0.15) is 0 Å². The molecule has 1 unspecified atom stereocenters. The lowest BCUT2D eigenvalue weighted by atomic mass is 10.3. The highest BCUT2D eigenvalue weighted by Crippen LogP contribution is 1.83. The van der Waals surface area contributed by atoms with E-state index in [2.05, 4.69) is 38.3 Å². The molecule has 0 amide bonds. The van der Waals surface area contributed by atoms with Gasteiger partial charge < -0.3 is 15.4 Å². The zero-order valence-electron chi connectivity index (χ0n) is 10.1. The summed E-state index contributed by atoms with van der Waals surface area (Å²) < 4.78 is 5.38. The lowest BCUT2D eigenvalue weighted by Gasteiger charge is -2.16. The third kappa shape index (κ3) is 9.96. The maximum Gasteiger partial charge on any atom is 0.0591 e. The second-order valence-corrected chi connectivity index (χ2v) is 4.03. The molecule has 0 radical (unpaired) electrons. The van der Waals surface area contributed by atoms with E-state index in [0.717, 1.165) is 32.7 Å². The minimum absolute atomic E-state index is 0.516. The summed E-state index contributed by atoms with van der Waals surface area (Å²) in [6.45, 7) is 12.3. The van der Waals surface area contributed by atoms with Crippen LogP contribution in [0.15, 0.2) is 0 Å². The van der Waals surface area contributed by atoms with Crippen molar-refractivity contribution in [1.82, 2.24) is 10.6 Å². The molecule has 0 heterocycles. The van der Waals surface area contributed by atoms with Crippen LogP contribution in [0.2, 0.25) is 0 Å². The molecule has 2 N–H and O–H groups in total. The van der Waals surface area contributed by atoms with Crippen LogP contribution in [-0.2, 0) is 4.74 Å². The minimum Gasteiger partial charge on any atom is -0.380 e. The van der Waals surface area contributed by atoms with Gasteiger partial charge in [-0.3, -0.25) is 0 Å². The molecule has 0 aliphatic heterocycles. The molecule has 0 rings (SSSR count). The molecular weight excluding hydrogens is 176 g/mol. The average molecular weight is 202 g/mol. The smallest absolute Gasteiger partial charge is 0.0591 e. The number of ether oxygens (including phenoxy) is 1. The van der Waals surface area contributed by atoms with Crippen molar-refractivity contribution in [2.45, 2.75) is 46.2 Å². The number of nitrogens with one attached hydrogen (secondary N) is 2. The van der Waals surface area contributed by atoms with Gasteiger partial charge in [-0.25, -0.2) is 0 Å². The largest absolute Gasteiger partial charge is 0.380 e. The number of hydrogen-bond donors (Lipinski definition) is 2. The van der Waals surface area contributed by atoms with Gasteiger partial charge in [0.05, 0.1) is 6.61 Å². The van der Waals surface area contributed by atoms with E-state index in [9.17, 15) is 0 Å². The maximum absolute atomic E-state index is 5.38. The molecule has 0 aromatic carbocycles. The number of rotatable bonds is 9. The fourth-order valence-corrected chi connectivity index (χ4v) is 1.11. The standard InChI is InChI=1S/C11H26N2O/c1-5-7-14-8-6-12-11(4)9-13-10(2)3/h10-13H,5-9H2,1-4H3. The van der Waals surface area contributed by atoms with Gasteiger partial charge >= 0.3 is 0 Å². The van der Waals surface area contributed by atoms with Crippen LogP contribution in [0.25, 0.3) is 0 Å². The van der Waals surface area contributed by atoms with Crippen molar-refractivity contribution in [2.24, 2.45) is 0 Å². The Bertz CT molecular complexity index is 118. The summed E-state index contributed by atoms with van der Waals surface area (Å²) in [5.74, 6) is 0. The maximum atomic E-state index is 5.38. The lowest BCUT2D eigenvalue weighted by molar-refractivity contribution is 0.134. The Morgan fingerprint density at radius 3 is 2.36 bits per heavy atom. The van der Waals surface area contributed by atoms with Crippen molar-refractivity contribution in [3.63, 3.8) is 0 Å². The molecule has 0 aromatic heterocycles. The molecule has 0 saturated carbocycles. The van der Waals surface area contributed by atoms with Crippen molar-refractivity contribution in [3.05, 3.63) is 0 Å². The van der Waals surface area contributed by atoms with E-state index in [-0.39, 0.29) is 0 Å². The van der Waals surface area contributed by atoms with Gasteiger partial charge in [0, 0.05) is 31.8 Å². The highest BCUT2D eigenvalue weighted by atomic mass is 16.5. The molecule has 1 atom stereocenters. The molecule has 0 spiro atoms. The van der Waals surface area contributed by atoms with Gasteiger partial charge in [0.2, 0.25) is 0 Å². The van der Waals surface area contributed by atoms with Gasteiger partial charge in [0.25, 0.3) is 0 Å². The van der Waals surface area contributed by atoms with Gasteiger partial charge in [-0.1, -0.05) is 20.8 Å². The first-order valence-electron chi connectivity index (χ1n) is 5.71. The van der Waals surface area contributed by atoms with Gasteiger partial charge in [0.1, 0.15) is 0 Å². The molecule has 0 aromatic rings. The van der Waals surface area contributed by atoms with Crippen LogP contribution in [0, 0.1) is 0 Å². The Balaban J connectivity index is 3.14. The molecule has 14 heavy (non-hydrogen) atoms. The minimum atomic E-state index is 0.516. The zero-order valence-corrected chi connectivity index (χ0v) is 10.1. The Kier molecular flexibility index (Phi) is 9.35. The molecule has 0 saturated heterocycles. The first kappa shape index (κ1) is 13.9. The molecule has 0 fully saturated rings. The van der Waals surface area contributed by atoms with Gasteiger partial charge in [0.15, 0.2) is 0 Å². The van der Waals surface area contributed by atoms with Crippen LogP contribution in [0.5, 0.6) is 0 Å². The Morgan fingerprint density at radius 1 is 1.07 bits per heavy atom. The van der Waals surface area contributed by atoms with Crippen LogP contribution in [0.3, 0.4) is 0 Å². The average Bonchev–Trinajstić information content (AvgIpc) is 2.14. The predicted molar refractivity (Wildman–Crippen MR) is 61.7 cm³/mol. The monoisotopic (exact) mass is 202 g/mol. The van der Waals surface area contributed by atoms with Crippen molar-refractivity contribution in [2.75, 3.05) is 26.3 Å². The van der Waals surface area contributed by atoms with Gasteiger partial charge in [-0.15, -0.1) is 0 Å². The second kappa shape index (κ2) is 9.44. The molecular formula is C11H26N2O. The molecule has 0 bridgehead atoms. The number of hydrogen-bond acceptors (Lipinski definition) is 3. The Morgan fingerprint density at radius 2 is 1.79 bits per heavy atom. The molecule has 3 heteroatoms. The fourth-order valence-electron chi connectivity index (χ4n) is 1.11. The van der Waals surface area contributed by atoms with Crippen molar-refractivity contribution in [3.8, 4) is 0 Å². The highest BCUT2D eigenvalue weighted by molar-refractivity contribution is 4.65. The van der Waals surface area contributed by atoms with E-state index in [0.29, 0.717) is 12.1 Å². The first-order valence-corrected chi connectivity index (χ1v) is 5.71. The summed E-state index contributed by atoms with van der Waals surface area (Å²) in [6, 6.07) is 1.08. The van der Waals surface area contributed by atoms with E-state index >= 15 is 0 Å². The lowest BCUT2D eigenvalue weighted by Crippen LogP contribution is -2.40. The molecule has 86 valence electrons. The van der Waals surface area contributed by atoms with Crippen LogP contribution >= 0.6 is 0 Å². The summed E-state index contributed by atoms with van der Waals surface area (Å²) in [6.07, 6.45) is 1.10. The summed E-state index contributed by atoms with van der Waals surface area (Å²) in [4.78, 5) is 0. The van der Waals surface area contributed by atoms with Crippen molar-refractivity contribution < 1.29 is 4.74 Å². The molecule has 0 aliphatic rings. The summed E-state index contributed by atoms with van der Waals surface area (Å²) in [5.41, 5.74) is 0. The Labute approximate surface area is 88.6 Å². The van der Waals surface area contributed by atoms with Crippen LogP contribution < -0.4 is 10.6 Å². The van der Waals surface area contributed by atoms with Crippen LogP contribution in [0.4, 0.5) is 0 Å². The molecule has 3 nitrogen and oxygen atoms in total. The highest BCUT2D eigenvalue weighted by Gasteiger charge is 2.00. The third-order valence-corrected chi connectivity index (χ3v) is 1.92. The van der Waals surface area contributed by atoms with Crippen LogP contribution in [0.1, 0.15) is 34.1 Å². The van der Waals surface area contributed by atoms with Crippen molar-refractivity contribution in [1.29, 1.82) is 0 Å². The van der Waals surface area contributed by atoms with E-state index < -0.39 is 0 Å². The summed E-state index contributed by atoms with van der Waals surface area (Å²) in [5, 5.41) is 6.80. The second-order valence-electron chi connectivity index (χ2n) is 4.03. The van der Waals surface area contributed by atoms with E-state index in [1.807, 2.05) is 0 Å². The van der Waals surface area contributed by atoms with E-state index in [4.69, 9.17) is 4.74 Å². The van der Waals surface area contributed by atoms with Crippen LogP contribution in [-0.4, -0.2) is 38.4 Å². The predicted octanol–water partition coefficient (Wildman–Crippen LogP) is 1.39.